The first kappa shape index (κ1) is 37.5. The van der Waals surface area contributed by atoms with Gasteiger partial charge in [-0.1, -0.05) is 60.7 Å². The molecular formula is C45H43N9O5. The summed E-state index contributed by atoms with van der Waals surface area (Å²) in [4.78, 5) is 77.0. The second-order valence-electron chi connectivity index (χ2n) is 15.2. The normalized spacial score (nSPS) is 17.7. The summed E-state index contributed by atoms with van der Waals surface area (Å²) in [6, 6.07) is 28.1. The number of rotatable bonds is 10. The Morgan fingerprint density at radius 1 is 0.661 bits per heavy atom. The van der Waals surface area contributed by atoms with Gasteiger partial charge in [-0.05, 0) is 73.2 Å². The number of imidazole rings is 2. The fourth-order valence-electron chi connectivity index (χ4n) is 8.43. The zero-order valence-corrected chi connectivity index (χ0v) is 32.6. The third kappa shape index (κ3) is 7.44. The van der Waals surface area contributed by atoms with Gasteiger partial charge in [-0.3, -0.25) is 19.2 Å². The number of aromatic amines is 2. The molecule has 7 aromatic rings. The molecule has 2 fully saturated rings. The molecule has 0 aliphatic carbocycles. The fourth-order valence-corrected chi connectivity index (χ4v) is 8.43. The maximum atomic E-state index is 13.9. The molecule has 0 bridgehead atoms. The highest BCUT2D eigenvalue weighted by atomic mass is 16.4. The molecule has 9 rings (SSSR count). The summed E-state index contributed by atoms with van der Waals surface area (Å²) in [6.07, 6.45) is 4.82. The molecule has 59 heavy (non-hydrogen) atoms. The Balaban J connectivity index is 0.927. The molecule has 4 N–H and O–H groups in total. The van der Waals surface area contributed by atoms with Gasteiger partial charge in [0.15, 0.2) is 5.76 Å². The number of carbonyl (C=O) groups excluding carboxylic acids is 4. The molecule has 14 nitrogen and oxygen atoms in total. The van der Waals surface area contributed by atoms with Crippen molar-refractivity contribution < 1.29 is 23.6 Å². The number of hydrogen-bond acceptors (Lipinski definition) is 8. The SMILES string of the molecule is CC(=O)N[C@@H](C(=O)N1CCC[C@H]1c1nc2cc(-c3cnc(-c4ccc5nc([C@@H]6CCCN6C(=O)[C@H](NC(C)=O)c6ccccc6)[nH]c5c4)o3)ccc2[nH]1)c1ccccc1. The Morgan fingerprint density at radius 2 is 1.20 bits per heavy atom. The zero-order valence-electron chi connectivity index (χ0n) is 32.6. The Bertz CT molecular complexity index is 2510. The highest BCUT2D eigenvalue weighted by Crippen LogP contribution is 2.37. The van der Waals surface area contributed by atoms with Gasteiger partial charge in [0.2, 0.25) is 29.5 Å². The van der Waals surface area contributed by atoms with Crippen LogP contribution in [0.4, 0.5) is 0 Å². The van der Waals surface area contributed by atoms with E-state index in [4.69, 9.17) is 14.4 Å². The van der Waals surface area contributed by atoms with Crippen molar-refractivity contribution in [1.82, 2.24) is 45.4 Å². The van der Waals surface area contributed by atoms with Crippen molar-refractivity contribution in [2.75, 3.05) is 13.1 Å². The van der Waals surface area contributed by atoms with E-state index in [2.05, 4.69) is 25.6 Å². The van der Waals surface area contributed by atoms with Crippen molar-refractivity contribution in [3.8, 4) is 22.8 Å². The van der Waals surface area contributed by atoms with Crippen LogP contribution in [0, 0.1) is 0 Å². The number of H-pyrrole nitrogens is 2. The van der Waals surface area contributed by atoms with Crippen LogP contribution in [-0.4, -0.2) is 71.4 Å². The van der Waals surface area contributed by atoms with Gasteiger partial charge in [0.05, 0.1) is 40.3 Å². The summed E-state index contributed by atoms with van der Waals surface area (Å²) < 4.78 is 6.31. The van der Waals surface area contributed by atoms with E-state index in [1.165, 1.54) is 13.8 Å². The number of hydrogen-bond donors (Lipinski definition) is 4. The molecule has 4 amide bonds. The number of nitrogens with one attached hydrogen (secondary N) is 4. The van der Waals surface area contributed by atoms with E-state index in [0.29, 0.717) is 36.4 Å². The van der Waals surface area contributed by atoms with Gasteiger partial charge in [-0.15, -0.1) is 0 Å². The van der Waals surface area contributed by atoms with Crippen LogP contribution < -0.4 is 10.6 Å². The van der Waals surface area contributed by atoms with E-state index in [-0.39, 0.29) is 35.7 Å². The lowest BCUT2D eigenvalue weighted by atomic mass is 10.0. The molecule has 4 atom stereocenters. The van der Waals surface area contributed by atoms with Crippen LogP contribution in [0.2, 0.25) is 0 Å². The van der Waals surface area contributed by atoms with E-state index in [9.17, 15) is 19.2 Å². The van der Waals surface area contributed by atoms with E-state index in [0.717, 1.165) is 70.0 Å². The predicted octanol–water partition coefficient (Wildman–Crippen LogP) is 6.84. The van der Waals surface area contributed by atoms with Crippen LogP contribution in [0.25, 0.3) is 44.8 Å². The average Bonchev–Trinajstić information content (AvgIpc) is 4.10. The molecule has 0 spiro atoms. The first-order valence-electron chi connectivity index (χ1n) is 19.9. The molecule has 0 saturated carbocycles. The van der Waals surface area contributed by atoms with E-state index in [1.54, 1.807) is 6.20 Å². The van der Waals surface area contributed by atoms with Crippen molar-refractivity contribution in [3.63, 3.8) is 0 Å². The molecule has 2 aliphatic rings. The minimum atomic E-state index is -0.788. The topological polar surface area (TPSA) is 182 Å². The van der Waals surface area contributed by atoms with E-state index < -0.39 is 12.1 Å². The number of aromatic nitrogens is 5. The zero-order chi connectivity index (χ0) is 40.6. The maximum Gasteiger partial charge on any atom is 0.250 e. The average molecular weight is 790 g/mol. The van der Waals surface area contributed by atoms with Gasteiger partial charge in [0.1, 0.15) is 23.7 Å². The molecule has 2 aliphatic heterocycles. The standard InChI is InChI=1S/C45H43N9O5/c1-26(55)47-39(28-11-5-3-6-12-28)44(57)53-21-9-15-36(53)41-49-32-19-17-30(23-34(32)51-41)38-25-46-43(59-38)31-18-20-33-35(24-31)52-42(50-33)37-16-10-22-54(37)45(58)40(48-27(2)56)29-13-7-4-8-14-29/h3-8,11-14,17-20,23-25,36-37,39-40H,9-10,15-16,21-22H2,1-2H3,(H,47,55)(H,48,56)(H,49,51)(H,50,52)/t36-,37-,39+,40+/m0/s1. The van der Waals surface area contributed by atoms with Crippen LogP contribution in [-0.2, 0) is 19.2 Å². The Hall–Kier alpha value is -7.09. The first-order valence-corrected chi connectivity index (χ1v) is 19.9. The maximum absolute atomic E-state index is 13.9. The van der Waals surface area contributed by atoms with Gasteiger partial charge in [-0.2, -0.15) is 0 Å². The van der Waals surface area contributed by atoms with Crippen LogP contribution in [0.15, 0.2) is 108 Å². The van der Waals surface area contributed by atoms with Gasteiger partial charge in [0.25, 0.3) is 0 Å². The van der Waals surface area contributed by atoms with Crippen molar-refractivity contribution in [2.45, 2.75) is 63.7 Å². The van der Waals surface area contributed by atoms with Crippen LogP contribution in [0.3, 0.4) is 0 Å². The van der Waals surface area contributed by atoms with Gasteiger partial charge < -0.3 is 34.8 Å². The number of amides is 4. The summed E-state index contributed by atoms with van der Waals surface area (Å²) in [7, 11) is 0. The van der Waals surface area contributed by atoms with Gasteiger partial charge in [-0.25, -0.2) is 15.0 Å². The monoisotopic (exact) mass is 789 g/mol. The lowest BCUT2D eigenvalue weighted by molar-refractivity contribution is -0.137. The number of fused-ring (bicyclic) bond motifs is 2. The summed E-state index contributed by atoms with van der Waals surface area (Å²) in [5.74, 6) is 1.50. The van der Waals surface area contributed by atoms with Crippen LogP contribution >= 0.6 is 0 Å². The molecular weight excluding hydrogens is 747 g/mol. The Labute approximate surface area is 339 Å². The number of carbonyl (C=O) groups is 4. The highest BCUT2D eigenvalue weighted by molar-refractivity contribution is 5.90. The minimum absolute atomic E-state index is 0.167. The van der Waals surface area contributed by atoms with Crippen molar-refractivity contribution in [1.29, 1.82) is 0 Å². The molecule has 2 saturated heterocycles. The Morgan fingerprint density at radius 3 is 1.78 bits per heavy atom. The van der Waals surface area contributed by atoms with E-state index in [1.807, 2.05) is 107 Å². The number of nitrogens with zero attached hydrogens (tertiary/aromatic N) is 5. The molecule has 298 valence electrons. The third-order valence-electron chi connectivity index (χ3n) is 11.2. The summed E-state index contributed by atoms with van der Waals surface area (Å²) >= 11 is 0. The molecule has 0 unspecified atom stereocenters. The predicted molar refractivity (Wildman–Crippen MR) is 220 cm³/mol. The van der Waals surface area contributed by atoms with Crippen molar-refractivity contribution in [2.24, 2.45) is 0 Å². The smallest absolute Gasteiger partial charge is 0.250 e. The first-order chi connectivity index (χ1) is 28.7. The fraction of sp³-hybridized carbons (Fsp3) is 0.267. The highest BCUT2D eigenvalue weighted by Gasteiger charge is 2.38. The summed E-state index contributed by atoms with van der Waals surface area (Å²) in [5, 5.41) is 5.69. The number of oxazole rings is 1. The van der Waals surface area contributed by atoms with Gasteiger partial charge >= 0.3 is 0 Å². The quantitative estimate of drug-likeness (QED) is 0.116. The second-order valence-corrected chi connectivity index (χ2v) is 15.2. The van der Waals surface area contributed by atoms with Crippen molar-refractivity contribution in [3.05, 3.63) is 126 Å². The van der Waals surface area contributed by atoms with Crippen LogP contribution in [0.5, 0.6) is 0 Å². The summed E-state index contributed by atoms with van der Waals surface area (Å²) in [5.41, 5.74) is 6.12. The number of likely N-dealkylation sites (tertiary alicyclic amines) is 2. The molecule has 5 heterocycles. The van der Waals surface area contributed by atoms with E-state index >= 15 is 0 Å². The number of benzene rings is 4. The Kier molecular flexibility index (Phi) is 9.97. The lowest BCUT2D eigenvalue weighted by Gasteiger charge is -2.28. The molecule has 4 aromatic carbocycles. The second kappa shape index (κ2) is 15.7. The molecule has 3 aromatic heterocycles. The van der Waals surface area contributed by atoms with Crippen molar-refractivity contribution >= 4 is 45.7 Å². The molecule has 0 radical (unpaired) electrons. The minimum Gasteiger partial charge on any atom is -0.436 e. The molecule has 14 heteroatoms. The summed E-state index contributed by atoms with van der Waals surface area (Å²) in [6.45, 7) is 3.96. The lowest BCUT2D eigenvalue weighted by Crippen LogP contribution is -2.42. The van der Waals surface area contributed by atoms with Crippen LogP contribution in [0.1, 0.15) is 86.5 Å². The van der Waals surface area contributed by atoms with Gasteiger partial charge in [0, 0.05) is 38.1 Å². The largest absolute Gasteiger partial charge is 0.436 e. The third-order valence-corrected chi connectivity index (χ3v) is 11.2.